The second-order valence-electron chi connectivity index (χ2n) is 8.18. The summed E-state index contributed by atoms with van der Waals surface area (Å²) < 4.78 is 5.36. The fourth-order valence-electron chi connectivity index (χ4n) is 4.02. The van der Waals surface area contributed by atoms with Gasteiger partial charge >= 0.3 is 6.03 Å². The van der Waals surface area contributed by atoms with Crippen LogP contribution in [0.25, 0.3) is 0 Å². The molecule has 0 saturated carbocycles. The molecular formula is C24H34N4O3. The molecule has 0 unspecified atom stereocenters. The minimum Gasteiger partial charge on any atom is -0.481 e. The lowest BCUT2D eigenvalue weighted by Crippen LogP contribution is -2.54. The largest absolute Gasteiger partial charge is 0.481 e. The van der Waals surface area contributed by atoms with Crippen molar-refractivity contribution in [1.82, 2.24) is 20.0 Å². The Labute approximate surface area is 185 Å². The number of hydrogen-bond acceptors (Lipinski definition) is 4. The highest BCUT2D eigenvalue weighted by Gasteiger charge is 2.24. The molecule has 2 heterocycles. The van der Waals surface area contributed by atoms with Crippen LogP contribution in [0.15, 0.2) is 24.3 Å². The van der Waals surface area contributed by atoms with Crippen LogP contribution in [0.2, 0.25) is 0 Å². The highest BCUT2D eigenvalue weighted by Crippen LogP contribution is 2.13. The van der Waals surface area contributed by atoms with Crippen LogP contribution >= 0.6 is 0 Å². The van der Waals surface area contributed by atoms with Gasteiger partial charge in [-0.15, -0.1) is 6.42 Å². The van der Waals surface area contributed by atoms with E-state index in [2.05, 4.69) is 16.1 Å². The van der Waals surface area contributed by atoms with E-state index >= 15 is 0 Å². The van der Waals surface area contributed by atoms with Gasteiger partial charge in [0.05, 0.1) is 6.54 Å². The van der Waals surface area contributed by atoms with Crippen LogP contribution in [0, 0.1) is 12.3 Å². The summed E-state index contributed by atoms with van der Waals surface area (Å²) in [6.45, 7) is 5.88. The lowest BCUT2D eigenvalue weighted by molar-refractivity contribution is -0.132. The second kappa shape index (κ2) is 12.2. The number of piperazine rings is 1. The molecule has 1 N–H and O–H groups in total. The van der Waals surface area contributed by atoms with Gasteiger partial charge in [0.25, 0.3) is 0 Å². The predicted octanol–water partition coefficient (Wildman–Crippen LogP) is 1.97. The Kier molecular flexibility index (Phi) is 9.04. The van der Waals surface area contributed by atoms with Gasteiger partial charge in [-0.2, -0.15) is 0 Å². The summed E-state index contributed by atoms with van der Waals surface area (Å²) in [4.78, 5) is 31.0. The minimum atomic E-state index is -0.0348. The Bertz CT molecular complexity index is 743. The Morgan fingerprint density at radius 2 is 1.61 bits per heavy atom. The number of likely N-dealkylation sites (tertiary alicyclic amines) is 1. The molecule has 1 aromatic carbocycles. The number of nitrogens with one attached hydrogen (secondary N) is 1. The van der Waals surface area contributed by atoms with Crippen molar-refractivity contribution >= 4 is 11.9 Å². The standard InChI is InChI=1S/C24H34N4O3/c1-2-19-31-22-9-7-21(8-10-22)11-12-25-24(30)28-17-15-26(16-18-28)20-23(29)27-13-5-3-4-6-14-27/h1,7-10H,3-6,11-20H2,(H,25,30). The number of benzene rings is 1. The van der Waals surface area contributed by atoms with E-state index in [0.29, 0.717) is 26.2 Å². The summed E-state index contributed by atoms with van der Waals surface area (Å²) in [6, 6.07) is 7.71. The number of rotatable bonds is 7. The van der Waals surface area contributed by atoms with Crippen molar-refractivity contribution in [3.05, 3.63) is 29.8 Å². The van der Waals surface area contributed by atoms with E-state index in [1.807, 2.05) is 34.1 Å². The Morgan fingerprint density at radius 1 is 0.935 bits per heavy atom. The Hall–Kier alpha value is -2.72. The third-order valence-corrected chi connectivity index (χ3v) is 5.91. The third kappa shape index (κ3) is 7.48. The molecule has 0 aromatic heterocycles. The van der Waals surface area contributed by atoms with Gasteiger partial charge in [0.1, 0.15) is 12.4 Å². The molecule has 0 spiro atoms. The maximum absolute atomic E-state index is 12.6. The molecule has 2 fully saturated rings. The van der Waals surface area contributed by atoms with Crippen molar-refractivity contribution in [2.45, 2.75) is 32.1 Å². The van der Waals surface area contributed by atoms with E-state index < -0.39 is 0 Å². The van der Waals surface area contributed by atoms with Crippen molar-refractivity contribution < 1.29 is 14.3 Å². The molecular weight excluding hydrogens is 392 g/mol. The van der Waals surface area contributed by atoms with Crippen LogP contribution < -0.4 is 10.1 Å². The SMILES string of the molecule is C#CCOc1ccc(CCNC(=O)N2CCN(CC(=O)N3CCCCCC3)CC2)cc1. The van der Waals surface area contributed by atoms with Crippen molar-refractivity contribution in [2.24, 2.45) is 0 Å². The van der Waals surface area contributed by atoms with Gasteiger partial charge in [0.2, 0.25) is 5.91 Å². The monoisotopic (exact) mass is 426 g/mol. The van der Waals surface area contributed by atoms with Crippen LogP contribution in [0.1, 0.15) is 31.2 Å². The quantitative estimate of drug-likeness (QED) is 0.677. The molecule has 2 saturated heterocycles. The van der Waals surface area contributed by atoms with E-state index in [0.717, 1.165) is 56.8 Å². The zero-order chi connectivity index (χ0) is 21.9. The fraction of sp³-hybridized carbons (Fsp3) is 0.583. The van der Waals surface area contributed by atoms with Gasteiger partial charge < -0.3 is 19.9 Å². The normalized spacial score (nSPS) is 17.5. The number of amides is 3. The number of carbonyl (C=O) groups excluding carboxylic acids is 2. The Balaban J connectivity index is 1.32. The summed E-state index contributed by atoms with van der Waals surface area (Å²) >= 11 is 0. The van der Waals surface area contributed by atoms with Gasteiger partial charge in [-0.05, 0) is 37.0 Å². The van der Waals surface area contributed by atoms with Crippen LogP contribution in [-0.4, -0.2) is 85.6 Å². The molecule has 0 bridgehead atoms. The fourth-order valence-corrected chi connectivity index (χ4v) is 4.02. The smallest absolute Gasteiger partial charge is 0.317 e. The van der Waals surface area contributed by atoms with Gasteiger partial charge in [0, 0.05) is 45.8 Å². The highest BCUT2D eigenvalue weighted by atomic mass is 16.5. The molecule has 0 atom stereocenters. The summed E-state index contributed by atoms with van der Waals surface area (Å²) in [5, 5.41) is 3.00. The molecule has 0 radical (unpaired) electrons. The van der Waals surface area contributed by atoms with Crippen LogP contribution in [0.5, 0.6) is 5.75 Å². The maximum atomic E-state index is 12.6. The molecule has 3 rings (SSSR count). The molecule has 1 aromatic rings. The molecule has 2 aliphatic rings. The third-order valence-electron chi connectivity index (χ3n) is 5.91. The maximum Gasteiger partial charge on any atom is 0.317 e. The van der Waals surface area contributed by atoms with Crippen LogP contribution in [0.3, 0.4) is 0 Å². The first-order chi connectivity index (χ1) is 15.2. The number of carbonyl (C=O) groups is 2. The zero-order valence-electron chi connectivity index (χ0n) is 18.4. The lowest BCUT2D eigenvalue weighted by atomic mass is 10.1. The highest BCUT2D eigenvalue weighted by molar-refractivity contribution is 5.78. The molecule has 2 aliphatic heterocycles. The molecule has 3 amide bonds. The summed E-state index contributed by atoms with van der Waals surface area (Å²) in [5.74, 6) is 3.42. The first kappa shape index (κ1) is 23.0. The average molecular weight is 427 g/mol. The van der Waals surface area contributed by atoms with Crippen molar-refractivity contribution in [3.63, 3.8) is 0 Å². The van der Waals surface area contributed by atoms with Crippen molar-refractivity contribution in [2.75, 3.05) is 59.0 Å². The van der Waals surface area contributed by atoms with Crippen molar-refractivity contribution in [1.29, 1.82) is 0 Å². The number of ether oxygens (including phenoxy) is 1. The van der Waals surface area contributed by atoms with E-state index in [-0.39, 0.29) is 18.5 Å². The molecule has 0 aliphatic carbocycles. The molecule has 31 heavy (non-hydrogen) atoms. The van der Waals surface area contributed by atoms with E-state index in [4.69, 9.17) is 11.2 Å². The van der Waals surface area contributed by atoms with Crippen LogP contribution in [0.4, 0.5) is 4.79 Å². The number of nitrogens with zero attached hydrogens (tertiary/aromatic N) is 3. The number of urea groups is 1. The summed E-state index contributed by atoms with van der Waals surface area (Å²) in [6.07, 6.45) is 10.6. The van der Waals surface area contributed by atoms with Crippen molar-refractivity contribution in [3.8, 4) is 18.1 Å². The first-order valence-corrected chi connectivity index (χ1v) is 11.3. The zero-order valence-corrected chi connectivity index (χ0v) is 18.4. The Morgan fingerprint density at radius 3 is 2.26 bits per heavy atom. The first-order valence-electron chi connectivity index (χ1n) is 11.3. The second-order valence-corrected chi connectivity index (χ2v) is 8.18. The summed E-state index contributed by atoms with van der Waals surface area (Å²) in [5.41, 5.74) is 1.13. The minimum absolute atomic E-state index is 0.0348. The van der Waals surface area contributed by atoms with Gasteiger partial charge in [-0.3, -0.25) is 9.69 Å². The number of terminal acetylenes is 1. The van der Waals surface area contributed by atoms with E-state index in [1.165, 1.54) is 12.8 Å². The number of hydrogen-bond donors (Lipinski definition) is 1. The van der Waals surface area contributed by atoms with Gasteiger partial charge in [0.15, 0.2) is 0 Å². The lowest BCUT2D eigenvalue weighted by Gasteiger charge is -2.35. The predicted molar refractivity (Wildman–Crippen MR) is 121 cm³/mol. The molecule has 7 heteroatoms. The van der Waals surface area contributed by atoms with Gasteiger partial charge in [-0.25, -0.2) is 4.79 Å². The van der Waals surface area contributed by atoms with E-state index in [1.54, 1.807) is 0 Å². The average Bonchev–Trinajstić information content (AvgIpc) is 3.09. The van der Waals surface area contributed by atoms with E-state index in [9.17, 15) is 9.59 Å². The van der Waals surface area contributed by atoms with Gasteiger partial charge in [-0.1, -0.05) is 30.9 Å². The summed E-state index contributed by atoms with van der Waals surface area (Å²) in [7, 11) is 0. The molecule has 168 valence electrons. The van der Waals surface area contributed by atoms with Crippen LogP contribution in [-0.2, 0) is 11.2 Å². The molecule has 7 nitrogen and oxygen atoms in total. The topological polar surface area (TPSA) is 65.1 Å².